The van der Waals surface area contributed by atoms with E-state index < -0.39 is 0 Å². The number of rotatable bonds is 10. The summed E-state index contributed by atoms with van der Waals surface area (Å²) in [5.41, 5.74) is 4.24. The third kappa shape index (κ3) is 5.29. The predicted molar refractivity (Wildman–Crippen MR) is 135 cm³/mol. The number of carbonyl (C=O) groups is 2. The van der Waals surface area contributed by atoms with Crippen LogP contribution in [0.3, 0.4) is 0 Å². The third-order valence-electron chi connectivity index (χ3n) is 6.66. The number of hydrogen-bond acceptors (Lipinski definition) is 5. The molecular weight excluding hydrogens is 444 g/mol. The molecule has 0 saturated heterocycles. The van der Waals surface area contributed by atoms with Crippen molar-refractivity contribution in [3.05, 3.63) is 59.3 Å². The molecule has 35 heavy (non-hydrogen) atoms. The normalized spacial score (nSPS) is 15.1. The van der Waals surface area contributed by atoms with Crippen LogP contribution in [-0.2, 0) is 20.7 Å². The zero-order valence-corrected chi connectivity index (χ0v) is 20.8. The van der Waals surface area contributed by atoms with Gasteiger partial charge in [0.2, 0.25) is 5.91 Å². The summed E-state index contributed by atoms with van der Waals surface area (Å²) in [6, 6.07) is 13.7. The first-order valence-electron chi connectivity index (χ1n) is 12.3. The van der Waals surface area contributed by atoms with Gasteiger partial charge >= 0.3 is 5.97 Å². The van der Waals surface area contributed by atoms with Crippen LogP contribution >= 0.6 is 0 Å². The number of amides is 1. The lowest BCUT2D eigenvalue weighted by molar-refractivity contribution is -0.143. The Bertz CT molecular complexity index is 1190. The molecule has 1 amide bonds. The van der Waals surface area contributed by atoms with E-state index >= 15 is 0 Å². The Morgan fingerprint density at radius 1 is 1.03 bits per heavy atom. The number of fused-ring (bicyclic) bond motifs is 3. The average Bonchev–Trinajstić information content (AvgIpc) is 3.25. The number of esters is 1. The first-order chi connectivity index (χ1) is 17.1. The minimum absolute atomic E-state index is 0.110. The fourth-order valence-corrected chi connectivity index (χ4v) is 4.98. The SMILES string of the molecule is CCOC(=O)CCCCCC(=O)N1CCc2c([nH]c3ccc(OC)cc23)[C@H]1c1ccccc1OC. The molecule has 0 fully saturated rings. The van der Waals surface area contributed by atoms with E-state index in [9.17, 15) is 9.59 Å². The average molecular weight is 479 g/mol. The predicted octanol–water partition coefficient (Wildman–Crippen LogP) is 5.17. The highest BCUT2D eigenvalue weighted by Gasteiger charge is 2.35. The molecule has 1 aromatic heterocycles. The smallest absolute Gasteiger partial charge is 0.305 e. The first-order valence-corrected chi connectivity index (χ1v) is 12.3. The van der Waals surface area contributed by atoms with Crippen molar-refractivity contribution in [1.29, 1.82) is 0 Å². The van der Waals surface area contributed by atoms with Crippen LogP contribution in [0.15, 0.2) is 42.5 Å². The second kappa shape index (κ2) is 11.3. The van der Waals surface area contributed by atoms with Crippen molar-refractivity contribution < 1.29 is 23.8 Å². The molecule has 3 aromatic rings. The third-order valence-corrected chi connectivity index (χ3v) is 6.66. The number of methoxy groups -OCH3 is 2. The van der Waals surface area contributed by atoms with E-state index in [0.717, 1.165) is 59.3 Å². The topological polar surface area (TPSA) is 80.9 Å². The zero-order chi connectivity index (χ0) is 24.8. The van der Waals surface area contributed by atoms with Gasteiger partial charge in [-0.05, 0) is 56.0 Å². The molecule has 1 atom stereocenters. The van der Waals surface area contributed by atoms with Gasteiger partial charge in [-0.1, -0.05) is 24.6 Å². The summed E-state index contributed by atoms with van der Waals surface area (Å²) in [4.78, 5) is 30.6. The number of nitrogens with zero attached hydrogens (tertiary/aromatic N) is 1. The van der Waals surface area contributed by atoms with Crippen LogP contribution in [0.4, 0.5) is 0 Å². The van der Waals surface area contributed by atoms with Crippen molar-refractivity contribution in [2.45, 2.75) is 51.5 Å². The minimum Gasteiger partial charge on any atom is -0.497 e. The van der Waals surface area contributed by atoms with Crippen LogP contribution < -0.4 is 9.47 Å². The molecule has 1 aliphatic heterocycles. The Morgan fingerprint density at radius 3 is 2.60 bits per heavy atom. The molecule has 0 aliphatic carbocycles. The van der Waals surface area contributed by atoms with Gasteiger partial charge in [0.25, 0.3) is 0 Å². The number of ether oxygens (including phenoxy) is 3. The van der Waals surface area contributed by atoms with Crippen molar-refractivity contribution in [1.82, 2.24) is 9.88 Å². The highest BCUT2D eigenvalue weighted by atomic mass is 16.5. The number of carbonyl (C=O) groups excluding carboxylic acids is 2. The van der Waals surface area contributed by atoms with E-state index in [1.165, 1.54) is 5.56 Å². The van der Waals surface area contributed by atoms with Crippen molar-refractivity contribution in [3.8, 4) is 11.5 Å². The molecular formula is C28H34N2O5. The molecule has 0 saturated carbocycles. The number of unbranched alkanes of at least 4 members (excludes halogenated alkanes) is 2. The Hall–Kier alpha value is -3.48. The summed E-state index contributed by atoms with van der Waals surface area (Å²) in [5.74, 6) is 1.51. The fraction of sp³-hybridized carbons (Fsp3) is 0.429. The zero-order valence-electron chi connectivity index (χ0n) is 20.8. The molecule has 2 aromatic carbocycles. The highest BCUT2D eigenvalue weighted by molar-refractivity contribution is 5.88. The van der Waals surface area contributed by atoms with Gasteiger partial charge in [0, 0.05) is 41.5 Å². The monoisotopic (exact) mass is 478 g/mol. The van der Waals surface area contributed by atoms with Gasteiger partial charge in [0.1, 0.15) is 17.5 Å². The summed E-state index contributed by atoms with van der Waals surface area (Å²) < 4.78 is 16.1. The summed E-state index contributed by atoms with van der Waals surface area (Å²) >= 11 is 0. The number of nitrogens with one attached hydrogen (secondary N) is 1. The van der Waals surface area contributed by atoms with E-state index in [-0.39, 0.29) is 17.9 Å². The Kier molecular flexibility index (Phi) is 7.95. The number of H-pyrrole nitrogens is 1. The summed E-state index contributed by atoms with van der Waals surface area (Å²) in [6.07, 6.45) is 3.90. The quantitative estimate of drug-likeness (QED) is 0.321. The van der Waals surface area contributed by atoms with Gasteiger partial charge in [-0.15, -0.1) is 0 Å². The van der Waals surface area contributed by atoms with Gasteiger partial charge in [-0.3, -0.25) is 9.59 Å². The Labute approximate surface area is 206 Å². The van der Waals surface area contributed by atoms with Crippen LogP contribution in [-0.4, -0.2) is 49.1 Å². The highest BCUT2D eigenvalue weighted by Crippen LogP contribution is 2.42. The van der Waals surface area contributed by atoms with Crippen molar-refractivity contribution >= 4 is 22.8 Å². The maximum Gasteiger partial charge on any atom is 0.305 e. The lowest BCUT2D eigenvalue weighted by Crippen LogP contribution is -2.40. The fourth-order valence-electron chi connectivity index (χ4n) is 4.98. The van der Waals surface area contributed by atoms with Gasteiger partial charge in [-0.2, -0.15) is 0 Å². The van der Waals surface area contributed by atoms with Crippen molar-refractivity contribution in [3.63, 3.8) is 0 Å². The van der Waals surface area contributed by atoms with Crippen LogP contribution in [0.2, 0.25) is 0 Å². The molecule has 4 rings (SSSR count). The molecule has 0 radical (unpaired) electrons. The summed E-state index contributed by atoms with van der Waals surface area (Å²) in [5, 5.41) is 1.13. The summed E-state index contributed by atoms with van der Waals surface area (Å²) in [7, 11) is 3.33. The maximum atomic E-state index is 13.5. The second-order valence-corrected chi connectivity index (χ2v) is 8.78. The largest absolute Gasteiger partial charge is 0.497 e. The van der Waals surface area contributed by atoms with E-state index in [2.05, 4.69) is 11.1 Å². The number of benzene rings is 2. The number of aromatic amines is 1. The number of aromatic nitrogens is 1. The molecule has 1 N–H and O–H groups in total. The van der Waals surface area contributed by atoms with E-state index in [0.29, 0.717) is 26.0 Å². The molecule has 1 aliphatic rings. The standard InChI is InChI=1S/C28H34N2O5/c1-4-35-26(32)13-7-5-6-12-25(31)30-17-16-20-22-18-19(33-2)14-15-23(22)29-27(20)28(30)21-10-8-9-11-24(21)34-3/h8-11,14-15,18,28-29H,4-7,12-13,16-17H2,1-3H3/t28-/m1/s1. The van der Waals surface area contributed by atoms with Crippen molar-refractivity contribution in [2.24, 2.45) is 0 Å². The lowest BCUT2D eigenvalue weighted by atomic mass is 9.91. The van der Waals surface area contributed by atoms with E-state index in [1.54, 1.807) is 14.2 Å². The second-order valence-electron chi connectivity index (χ2n) is 8.78. The molecule has 186 valence electrons. The molecule has 0 unspecified atom stereocenters. The first kappa shape index (κ1) is 24.6. The van der Waals surface area contributed by atoms with Crippen LogP contribution in [0, 0.1) is 0 Å². The minimum atomic E-state index is -0.264. The number of para-hydroxylation sites is 1. The maximum absolute atomic E-state index is 13.5. The van der Waals surface area contributed by atoms with Gasteiger partial charge < -0.3 is 24.1 Å². The van der Waals surface area contributed by atoms with Crippen LogP contribution in [0.25, 0.3) is 10.9 Å². The molecule has 2 heterocycles. The van der Waals surface area contributed by atoms with E-state index in [4.69, 9.17) is 14.2 Å². The van der Waals surface area contributed by atoms with E-state index in [1.807, 2.05) is 48.2 Å². The van der Waals surface area contributed by atoms with Crippen LogP contribution in [0.5, 0.6) is 11.5 Å². The van der Waals surface area contributed by atoms with Crippen molar-refractivity contribution in [2.75, 3.05) is 27.4 Å². The summed E-state index contributed by atoms with van der Waals surface area (Å²) in [6.45, 7) is 2.84. The lowest BCUT2D eigenvalue weighted by Gasteiger charge is -2.37. The Morgan fingerprint density at radius 2 is 1.83 bits per heavy atom. The van der Waals surface area contributed by atoms with Gasteiger partial charge in [0.05, 0.1) is 20.8 Å². The molecule has 7 nitrogen and oxygen atoms in total. The molecule has 0 bridgehead atoms. The van der Waals surface area contributed by atoms with Crippen LogP contribution in [0.1, 0.15) is 61.9 Å². The van der Waals surface area contributed by atoms with Gasteiger partial charge in [0.15, 0.2) is 0 Å². The molecule has 0 spiro atoms. The number of hydrogen-bond donors (Lipinski definition) is 1. The molecule has 7 heteroatoms. The van der Waals surface area contributed by atoms with Gasteiger partial charge in [-0.25, -0.2) is 0 Å². The Balaban J connectivity index is 1.59.